The van der Waals surface area contributed by atoms with Crippen molar-refractivity contribution in [3.63, 3.8) is 0 Å². The first kappa shape index (κ1) is 12.2. The monoisotopic (exact) mass is 248 g/mol. The maximum absolute atomic E-state index is 12.7. The third kappa shape index (κ3) is 2.09. The highest BCUT2D eigenvalue weighted by Crippen LogP contribution is 2.36. The molecule has 3 heteroatoms. The van der Waals surface area contributed by atoms with Crippen LogP contribution in [0.4, 0.5) is 0 Å². The molecule has 100 valence electrons. The van der Waals surface area contributed by atoms with Gasteiger partial charge in [-0.1, -0.05) is 31.4 Å². The van der Waals surface area contributed by atoms with Gasteiger partial charge < -0.3 is 10.2 Å². The maximum atomic E-state index is 12.7. The van der Waals surface area contributed by atoms with E-state index in [1.807, 2.05) is 0 Å². The van der Waals surface area contributed by atoms with E-state index >= 15 is 0 Å². The van der Waals surface area contributed by atoms with Gasteiger partial charge in [-0.15, -0.1) is 0 Å². The Labute approximate surface area is 110 Å². The van der Waals surface area contributed by atoms with Crippen molar-refractivity contribution in [3.05, 3.63) is 12.2 Å². The largest absolute Gasteiger partial charge is 0.334 e. The Bertz CT molecular complexity index is 328. The third-order valence-corrected chi connectivity index (χ3v) is 4.95. The number of piperazine rings is 1. The first-order valence-electron chi connectivity index (χ1n) is 7.49. The lowest BCUT2D eigenvalue weighted by atomic mass is 9.78. The minimum Gasteiger partial charge on any atom is -0.334 e. The maximum Gasteiger partial charge on any atom is 0.226 e. The first-order valence-corrected chi connectivity index (χ1v) is 7.49. The fourth-order valence-electron chi connectivity index (χ4n) is 3.88. The van der Waals surface area contributed by atoms with Crippen LogP contribution in [0.5, 0.6) is 0 Å². The topological polar surface area (TPSA) is 32.3 Å². The van der Waals surface area contributed by atoms with Gasteiger partial charge in [0.2, 0.25) is 5.91 Å². The van der Waals surface area contributed by atoms with Gasteiger partial charge in [0.15, 0.2) is 0 Å². The average molecular weight is 248 g/mol. The zero-order valence-corrected chi connectivity index (χ0v) is 11.2. The Kier molecular flexibility index (Phi) is 3.42. The zero-order valence-electron chi connectivity index (χ0n) is 11.2. The predicted molar refractivity (Wildman–Crippen MR) is 72.3 cm³/mol. The average Bonchev–Trinajstić information content (AvgIpc) is 2.93. The number of carbonyl (C=O) groups is 1. The molecule has 0 aromatic carbocycles. The number of hydrogen-bond acceptors (Lipinski definition) is 2. The molecule has 1 N–H and O–H groups in total. The first-order chi connectivity index (χ1) is 8.82. The highest BCUT2D eigenvalue weighted by Gasteiger charge is 2.43. The summed E-state index contributed by atoms with van der Waals surface area (Å²) in [7, 11) is 0. The normalized spacial score (nSPS) is 27.9. The molecule has 2 aliphatic carbocycles. The van der Waals surface area contributed by atoms with Crippen LogP contribution in [0, 0.1) is 5.92 Å². The zero-order chi connectivity index (χ0) is 12.4. The quantitative estimate of drug-likeness (QED) is 0.721. The molecular weight excluding hydrogens is 224 g/mol. The summed E-state index contributed by atoms with van der Waals surface area (Å²) >= 11 is 0. The Morgan fingerprint density at radius 1 is 1.17 bits per heavy atom. The van der Waals surface area contributed by atoms with E-state index in [0.717, 1.165) is 32.5 Å². The molecule has 3 aliphatic rings. The van der Waals surface area contributed by atoms with Crippen LogP contribution in [0.1, 0.15) is 44.9 Å². The van der Waals surface area contributed by atoms with Crippen LogP contribution in [0.25, 0.3) is 0 Å². The van der Waals surface area contributed by atoms with Gasteiger partial charge in [-0.25, -0.2) is 0 Å². The lowest BCUT2D eigenvalue weighted by molar-refractivity contribution is -0.145. The predicted octanol–water partition coefficient (Wildman–Crippen LogP) is 2.09. The Hall–Kier alpha value is -0.830. The molecule has 0 atom stereocenters. The molecule has 1 spiro atoms. The summed E-state index contributed by atoms with van der Waals surface area (Å²) in [5, 5.41) is 3.51. The second-order valence-corrected chi connectivity index (χ2v) is 6.09. The molecule has 18 heavy (non-hydrogen) atoms. The second-order valence-electron chi connectivity index (χ2n) is 6.09. The van der Waals surface area contributed by atoms with Gasteiger partial charge in [-0.2, -0.15) is 0 Å². The van der Waals surface area contributed by atoms with E-state index in [0.29, 0.717) is 5.91 Å². The Morgan fingerprint density at radius 2 is 1.89 bits per heavy atom. The van der Waals surface area contributed by atoms with Crippen LogP contribution in [0.3, 0.4) is 0 Å². The SMILES string of the molecule is O=C(C1CC=CC1)N1CCNCC12CCCCC2. The van der Waals surface area contributed by atoms with E-state index < -0.39 is 0 Å². The van der Waals surface area contributed by atoms with Gasteiger partial charge >= 0.3 is 0 Å². The second kappa shape index (κ2) is 5.04. The minimum absolute atomic E-state index is 0.149. The van der Waals surface area contributed by atoms with Crippen molar-refractivity contribution >= 4 is 5.91 Å². The van der Waals surface area contributed by atoms with Crippen LogP contribution in [-0.4, -0.2) is 36.0 Å². The molecule has 1 amide bonds. The van der Waals surface area contributed by atoms with Crippen LogP contribution in [0.2, 0.25) is 0 Å². The number of allylic oxidation sites excluding steroid dienone is 2. The van der Waals surface area contributed by atoms with Gasteiger partial charge in [0.1, 0.15) is 0 Å². The number of carbonyl (C=O) groups excluding carboxylic acids is 1. The van der Waals surface area contributed by atoms with E-state index in [-0.39, 0.29) is 11.5 Å². The van der Waals surface area contributed by atoms with E-state index in [1.54, 1.807) is 0 Å². The highest BCUT2D eigenvalue weighted by atomic mass is 16.2. The van der Waals surface area contributed by atoms with E-state index in [9.17, 15) is 4.79 Å². The van der Waals surface area contributed by atoms with Crippen molar-refractivity contribution in [2.75, 3.05) is 19.6 Å². The Balaban J connectivity index is 1.76. The van der Waals surface area contributed by atoms with Gasteiger partial charge in [0.05, 0.1) is 5.54 Å². The summed E-state index contributed by atoms with van der Waals surface area (Å²) in [5.41, 5.74) is 0.149. The summed E-state index contributed by atoms with van der Waals surface area (Å²) in [4.78, 5) is 15.0. The number of amides is 1. The molecule has 0 bridgehead atoms. The fraction of sp³-hybridized carbons (Fsp3) is 0.800. The molecule has 1 saturated heterocycles. The van der Waals surface area contributed by atoms with Gasteiger partial charge in [0, 0.05) is 25.6 Å². The van der Waals surface area contributed by atoms with Gasteiger partial charge in [-0.3, -0.25) is 4.79 Å². The van der Waals surface area contributed by atoms with E-state index in [1.165, 1.54) is 32.1 Å². The molecule has 0 aromatic heterocycles. The molecule has 2 fully saturated rings. The molecule has 3 nitrogen and oxygen atoms in total. The molecule has 1 heterocycles. The van der Waals surface area contributed by atoms with Gasteiger partial charge in [-0.05, 0) is 25.7 Å². The van der Waals surface area contributed by atoms with Crippen molar-refractivity contribution in [1.82, 2.24) is 10.2 Å². The van der Waals surface area contributed by atoms with Crippen molar-refractivity contribution in [3.8, 4) is 0 Å². The van der Waals surface area contributed by atoms with Crippen LogP contribution < -0.4 is 5.32 Å². The van der Waals surface area contributed by atoms with Gasteiger partial charge in [0.25, 0.3) is 0 Å². The number of hydrogen-bond donors (Lipinski definition) is 1. The van der Waals surface area contributed by atoms with E-state index in [4.69, 9.17) is 0 Å². The number of nitrogens with one attached hydrogen (secondary N) is 1. The summed E-state index contributed by atoms with van der Waals surface area (Å²) in [6, 6.07) is 0. The summed E-state index contributed by atoms with van der Waals surface area (Å²) in [6.45, 7) is 2.89. The molecule has 1 aliphatic heterocycles. The lowest BCUT2D eigenvalue weighted by Crippen LogP contribution is -2.64. The van der Waals surface area contributed by atoms with Crippen LogP contribution in [0.15, 0.2) is 12.2 Å². The van der Waals surface area contributed by atoms with Crippen LogP contribution >= 0.6 is 0 Å². The fourth-order valence-corrected chi connectivity index (χ4v) is 3.88. The Morgan fingerprint density at radius 3 is 2.61 bits per heavy atom. The van der Waals surface area contributed by atoms with Crippen LogP contribution in [-0.2, 0) is 4.79 Å². The highest BCUT2D eigenvalue weighted by molar-refractivity contribution is 5.80. The third-order valence-electron chi connectivity index (χ3n) is 4.95. The minimum atomic E-state index is 0.149. The lowest BCUT2D eigenvalue weighted by Gasteiger charge is -2.50. The summed E-state index contributed by atoms with van der Waals surface area (Å²) in [6.07, 6.45) is 12.6. The standard InChI is InChI=1S/C15H24N2O/c18-14(13-6-2-3-7-13)17-11-10-16-12-15(17)8-4-1-5-9-15/h2-3,13,16H,1,4-12H2. The number of rotatable bonds is 1. The molecular formula is C15H24N2O. The smallest absolute Gasteiger partial charge is 0.226 e. The van der Waals surface area contributed by atoms with Crippen molar-refractivity contribution < 1.29 is 4.79 Å². The van der Waals surface area contributed by atoms with Crippen molar-refractivity contribution in [2.45, 2.75) is 50.5 Å². The molecule has 0 aromatic rings. The summed E-state index contributed by atoms with van der Waals surface area (Å²) < 4.78 is 0. The molecule has 3 rings (SSSR count). The molecule has 1 saturated carbocycles. The molecule has 0 unspecified atom stereocenters. The van der Waals surface area contributed by atoms with Crippen molar-refractivity contribution in [1.29, 1.82) is 0 Å². The van der Waals surface area contributed by atoms with Crippen molar-refractivity contribution in [2.24, 2.45) is 5.92 Å². The molecule has 0 radical (unpaired) electrons. The van der Waals surface area contributed by atoms with E-state index in [2.05, 4.69) is 22.4 Å². The number of nitrogens with zero attached hydrogens (tertiary/aromatic N) is 1. The summed E-state index contributed by atoms with van der Waals surface area (Å²) in [5.74, 6) is 0.658.